The maximum atomic E-state index is 11.3. The minimum absolute atomic E-state index is 0.0638. The van der Waals surface area contributed by atoms with Gasteiger partial charge in [-0.3, -0.25) is 0 Å². The van der Waals surface area contributed by atoms with Crippen molar-refractivity contribution in [2.75, 3.05) is 0 Å². The van der Waals surface area contributed by atoms with Crippen molar-refractivity contribution < 1.29 is 9.90 Å². The quantitative estimate of drug-likeness (QED) is 0.872. The van der Waals surface area contributed by atoms with E-state index in [2.05, 4.69) is 25.8 Å². The second kappa shape index (κ2) is 4.41. The van der Waals surface area contributed by atoms with Crippen molar-refractivity contribution >= 4 is 17.3 Å². The molecule has 0 aliphatic heterocycles. The molecule has 1 aromatic heterocycles. The number of carboxylic acid groups (broad SMARTS) is 1. The predicted molar refractivity (Wildman–Crippen MR) is 69.0 cm³/mol. The first-order chi connectivity index (χ1) is 7.89. The van der Waals surface area contributed by atoms with Crippen LogP contribution in [0.4, 0.5) is 0 Å². The standard InChI is InChI=1S/C13H19NO2S/c1-13(2,3)12-14-9(8-6-4-5-7-8)10(17-12)11(15)16/h8H,4-7H2,1-3H3,(H,15,16). The summed E-state index contributed by atoms with van der Waals surface area (Å²) in [6.07, 6.45) is 4.58. The van der Waals surface area contributed by atoms with Crippen LogP contribution >= 0.6 is 11.3 Å². The zero-order valence-electron chi connectivity index (χ0n) is 10.6. The number of carboxylic acids is 1. The summed E-state index contributed by atoms with van der Waals surface area (Å²) >= 11 is 1.35. The van der Waals surface area contributed by atoms with Gasteiger partial charge in [0.2, 0.25) is 0 Å². The molecule has 0 spiro atoms. The summed E-state index contributed by atoms with van der Waals surface area (Å²) in [4.78, 5) is 16.4. The third kappa shape index (κ3) is 2.51. The Morgan fingerprint density at radius 2 is 1.94 bits per heavy atom. The van der Waals surface area contributed by atoms with Crippen molar-refractivity contribution in [3.8, 4) is 0 Å². The highest BCUT2D eigenvalue weighted by molar-refractivity contribution is 7.13. The van der Waals surface area contributed by atoms with Gasteiger partial charge in [0.1, 0.15) is 4.88 Å². The van der Waals surface area contributed by atoms with Gasteiger partial charge in [0.05, 0.1) is 10.7 Å². The SMILES string of the molecule is CC(C)(C)c1nc(C2CCCC2)c(C(=O)O)s1. The third-order valence-electron chi connectivity index (χ3n) is 3.23. The fourth-order valence-electron chi connectivity index (χ4n) is 2.28. The number of hydrogen-bond acceptors (Lipinski definition) is 3. The lowest BCUT2D eigenvalue weighted by molar-refractivity contribution is 0.0700. The van der Waals surface area contributed by atoms with Crippen LogP contribution in [-0.2, 0) is 5.41 Å². The molecule has 1 aromatic rings. The molecule has 1 aliphatic carbocycles. The van der Waals surface area contributed by atoms with E-state index in [-0.39, 0.29) is 5.41 Å². The van der Waals surface area contributed by atoms with Gasteiger partial charge in [-0.2, -0.15) is 0 Å². The van der Waals surface area contributed by atoms with E-state index in [1.165, 1.54) is 24.2 Å². The number of aromatic carboxylic acids is 1. The minimum Gasteiger partial charge on any atom is -0.477 e. The fourth-order valence-corrected chi connectivity index (χ4v) is 3.33. The van der Waals surface area contributed by atoms with Crippen LogP contribution in [0.2, 0.25) is 0 Å². The molecule has 0 bridgehead atoms. The van der Waals surface area contributed by atoms with Crippen LogP contribution in [0.3, 0.4) is 0 Å². The summed E-state index contributed by atoms with van der Waals surface area (Å²) < 4.78 is 0. The lowest BCUT2D eigenvalue weighted by Crippen LogP contribution is -2.10. The Morgan fingerprint density at radius 1 is 1.35 bits per heavy atom. The molecule has 3 nitrogen and oxygen atoms in total. The van der Waals surface area contributed by atoms with Gasteiger partial charge in [-0.05, 0) is 12.8 Å². The predicted octanol–water partition coefficient (Wildman–Crippen LogP) is 3.80. The molecule has 0 atom stereocenters. The van der Waals surface area contributed by atoms with Crippen LogP contribution in [0, 0.1) is 0 Å². The molecule has 0 radical (unpaired) electrons. The Labute approximate surface area is 106 Å². The van der Waals surface area contributed by atoms with Crippen molar-refractivity contribution in [2.24, 2.45) is 0 Å². The van der Waals surface area contributed by atoms with E-state index >= 15 is 0 Å². The second-order valence-electron chi connectivity index (χ2n) is 5.77. The summed E-state index contributed by atoms with van der Waals surface area (Å²) in [6, 6.07) is 0. The Kier molecular flexibility index (Phi) is 3.25. The molecule has 1 aliphatic rings. The fraction of sp³-hybridized carbons (Fsp3) is 0.692. The second-order valence-corrected chi connectivity index (χ2v) is 6.77. The topological polar surface area (TPSA) is 50.2 Å². The first-order valence-corrected chi connectivity index (χ1v) is 6.95. The lowest BCUT2D eigenvalue weighted by atomic mass is 9.97. The molecule has 0 aromatic carbocycles. The van der Waals surface area contributed by atoms with Gasteiger partial charge < -0.3 is 5.11 Å². The summed E-state index contributed by atoms with van der Waals surface area (Å²) in [5.74, 6) is -0.451. The lowest BCUT2D eigenvalue weighted by Gasteiger charge is -2.13. The zero-order valence-corrected chi connectivity index (χ0v) is 11.4. The van der Waals surface area contributed by atoms with Gasteiger partial charge in [0.15, 0.2) is 0 Å². The number of nitrogens with zero attached hydrogens (tertiary/aromatic N) is 1. The van der Waals surface area contributed by atoms with Crippen molar-refractivity contribution in [3.63, 3.8) is 0 Å². The van der Waals surface area contributed by atoms with Crippen LogP contribution in [0.1, 0.15) is 72.7 Å². The molecule has 0 amide bonds. The molecular formula is C13H19NO2S. The molecule has 0 saturated heterocycles. The van der Waals surface area contributed by atoms with Crippen molar-refractivity contribution in [1.82, 2.24) is 4.98 Å². The van der Waals surface area contributed by atoms with E-state index in [4.69, 9.17) is 0 Å². The van der Waals surface area contributed by atoms with E-state index in [9.17, 15) is 9.90 Å². The molecule has 1 heterocycles. The Hall–Kier alpha value is -0.900. The summed E-state index contributed by atoms with van der Waals surface area (Å²) in [5, 5.41) is 10.2. The summed E-state index contributed by atoms with van der Waals surface area (Å²) in [5.41, 5.74) is 0.774. The molecule has 94 valence electrons. The molecule has 2 rings (SSSR count). The molecule has 4 heteroatoms. The monoisotopic (exact) mass is 253 g/mol. The molecule has 1 saturated carbocycles. The molecule has 17 heavy (non-hydrogen) atoms. The van der Waals surface area contributed by atoms with E-state index in [1.807, 2.05) is 0 Å². The number of aromatic nitrogens is 1. The van der Waals surface area contributed by atoms with Crippen LogP contribution in [0.15, 0.2) is 0 Å². The van der Waals surface area contributed by atoms with E-state index in [0.717, 1.165) is 23.5 Å². The van der Waals surface area contributed by atoms with Gasteiger partial charge in [0, 0.05) is 11.3 Å². The van der Waals surface area contributed by atoms with Crippen molar-refractivity contribution in [2.45, 2.75) is 57.8 Å². The first-order valence-electron chi connectivity index (χ1n) is 6.14. The molecular weight excluding hydrogens is 234 g/mol. The van der Waals surface area contributed by atoms with Gasteiger partial charge >= 0.3 is 5.97 Å². The molecule has 1 N–H and O–H groups in total. The largest absolute Gasteiger partial charge is 0.477 e. The zero-order chi connectivity index (χ0) is 12.6. The maximum Gasteiger partial charge on any atom is 0.347 e. The van der Waals surface area contributed by atoms with Crippen molar-refractivity contribution in [1.29, 1.82) is 0 Å². The van der Waals surface area contributed by atoms with E-state index in [1.54, 1.807) is 0 Å². The van der Waals surface area contributed by atoms with Crippen LogP contribution < -0.4 is 0 Å². The van der Waals surface area contributed by atoms with Gasteiger partial charge in [-0.25, -0.2) is 9.78 Å². The normalized spacial score (nSPS) is 17.6. The highest BCUT2D eigenvalue weighted by Crippen LogP contribution is 2.39. The van der Waals surface area contributed by atoms with Crippen LogP contribution in [0.5, 0.6) is 0 Å². The summed E-state index contributed by atoms with van der Waals surface area (Å²) in [7, 11) is 0. The highest BCUT2D eigenvalue weighted by Gasteiger charge is 2.29. The summed E-state index contributed by atoms with van der Waals surface area (Å²) in [6.45, 7) is 6.24. The number of hydrogen-bond donors (Lipinski definition) is 1. The van der Waals surface area contributed by atoms with Gasteiger partial charge in [-0.15, -0.1) is 11.3 Å². The Bertz CT molecular complexity index is 425. The van der Waals surface area contributed by atoms with E-state index < -0.39 is 5.97 Å². The smallest absolute Gasteiger partial charge is 0.347 e. The number of carbonyl (C=O) groups is 1. The number of rotatable bonds is 2. The molecule has 0 unspecified atom stereocenters. The first kappa shape index (κ1) is 12.6. The average Bonchev–Trinajstić information content (AvgIpc) is 2.85. The van der Waals surface area contributed by atoms with Crippen LogP contribution in [-0.4, -0.2) is 16.1 Å². The number of thiazole rings is 1. The van der Waals surface area contributed by atoms with Crippen LogP contribution in [0.25, 0.3) is 0 Å². The highest BCUT2D eigenvalue weighted by atomic mass is 32.1. The minimum atomic E-state index is -0.820. The van der Waals surface area contributed by atoms with Crippen molar-refractivity contribution in [3.05, 3.63) is 15.6 Å². The Morgan fingerprint density at radius 3 is 2.41 bits per heavy atom. The van der Waals surface area contributed by atoms with E-state index in [0.29, 0.717) is 10.8 Å². The third-order valence-corrected chi connectivity index (χ3v) is 4.72. The maximum absolute atomic E-state index is 11.3. The van der Waals surface area contributed by atoms with Gasteiger partial charge in [-0.1, -0.05) is 33.6 Å². The Balaban J connectivity index is 2.42. The average molecular weight is 253 g/mol. The molecule has 1 fully saturated rings. The van der Waals surface area contributed by atoms with Gasteiger partial charge in [0.25, 0.3) is 0 Å².